The second-order valence-electron chi connectivity index (χ2n) is 3.42. The topological polar surface area (TPSA) is 72.0 Å². The fourth-order valence-corrected chi connectivity index (χ4v) is 1.34. The van der Waals surface area contributed by atoms with Crippen LogP contribution in [0.5, 0.6) is 11.6 Å². The van der Waals surface area contributed by atoms with Crippen LogP contribution >= 0.6 is 0 Å². The molecule has 92 valence electrons. The highest BCUT2D eigenvalue weighted by atomic mass is 19.2. The van der Waals surface area contributed by atoms with E-state index in [1.54, 1.807) is 6.07 Å². The second-order valence-corrected chi connectivity index (χ2v) is 3.42. The zero-order valence-corrected chi connectivity index (χ0v) is 9.15. The van der Waals surface area contributed by atoms with E-state index in [1.807, 2.05) is 0 Å². The minimum atomic E-state index is -1.11. The van der Waals surface area contributed by atoms with Crippen molar-refractivity contribution in [3.05, 3.63) is 53.7 Å². The normalized spacial score (nSPS) is 10.1. The first-order chi connectivity index (χ1) is 8.59. The molecule has 0 radical (unpaired) electrons. The Morgan fingerprint density at radius 2 is 2.00 bits per heavy atom. The number of nitrogens with two attached hydrogens (primary N) is 1. The molecule has 0 saturated carbocycles. The van der Waals surface area contributed by atoms with Gasteiger partial charge in [0.05, 0.1) is 5.56 Å². The van der Waals surface area contributed by atoms with Crippen LogP contribution < -0.4 is 10.5 Å². The van der Waals surface area contributed by atoms with Crippen molar-refractivity contribution < 1.29 is 13.5 Å². The Hall–Kier alpha value is -2.50. The number of rotatable bonds is 3. The minimum Gasteiger partial charge on any atom is -0.435 e. The van der Waals surface area contributed by atoms with Gasteiger partial charge >= 0.3 is 0 Å². The van der Waals surface area contributed by atoms with E-state index < -0.39 is 11.6 Å². The Kier molecular flexibility index (Phi) is 3.18. The highest BCUT2D eigenvalue weighted by Gasteiger charge is 2.13. The number of hydrogen-bond acceptors (Lipinski definition) is 3. The quantitative estimate of drug-likeness (QED) is 0.648. The molecule has 3 N–H and O–H groups in total. The van der Waals surface area contributed by atoms with Crippen molar-refractivity contribution in [1.29, 1.82) is 5.41 Å². The smallest absolute Gasteiger partial charge is 0.230 e. The zero-order valence-electron chi connectivity index (χ0n) is 9.15. The van der Waals surface area contributed by atoms with Gasteiger partial charge in [0.1, 0.15) is 5.84 Å². The van der Waals surface area contributed by atoms with Gasteiger partial charge in [-0.15, -0.1) is 0 Å². The Morgan fingerprint density at radius 3 is 2.72 bits per heavy atom. The van der Waals surface area contributed by atoms with E-state index in [0.717, 1.165) is 6.07 Å². The first-order valence-corrected chi connectivity index (χ1v) is 5.01. The monoisotopic (exact) mass is 249 g/mol. The van der Waals surface area contributed by atoms with Crippen LogP contribution in [0.2, 0.25) is 0 Å². The summed E-state index contributed by atoms with van der Waals surface area (Å²) in [6.07, 6.45) is 1.40. The molecule has 1 aromatic carbocycles. The number of ether oxygens (including phenoxy) is 1. The number of halogens is 2. The van der Waals surface area contributed by atoms with Crippen LogP contribution in [0.25, 0.3) is 0 Å². The Morgan fingerprint density at radius 1 is 1.22 bits per heavy atom. The number of pyridine rings is 1. The van der Waals surface area contributed by atoms with Gasteiger partial charge in [0.2, 0.25) is 11.7 Å². The third kappa shape index (κ3) is 2.27. The number of amidine groups is 1. The molecule has 1 aromatic heterocycles. The second kappa shape index (κ2) is 4.79. The number of aromatic nitrogens is 1. The van der Waals surface area contributed by atoms with Crippen molar-refractivity contribution in [2.45, 2.75) is 0 Å². The molecule has 0 atom stereocenters. The lowest BCUT2D eigenvalue weighted by Crippen LogP contribution is -2.13. The maximum absolute atomic E-state index is 13.4. The third-order valence-electron chi connectivity index (χ3n) is 2.18. The molecule has 0 fully saturated rings. The molecular weight excluding hydrogens is 240 g/mol. The summed E-state index contributed by atoms with van der Waals surface area (Å²) < 4.78 is 31.5. The maximum atomic E-state index is 13.4. The van der Waals surface area contributed by atoms with Crippen LogP contribution in [0.1, 0.15) is 5.56 Å². The molecular formula is C12H9F2N3O. The van der Waals surface area contributed by atoms with Gasteiger partial charge in [-0.1, -0.05) is 6.07 Å². The van der Waals surface area contributed by atoms with E-state index in [9.17, 15) is 8.78 Å². The molecule has 1 heterocycles. The molecule has 0 unspecified atom stereocenters. The molecule has 2 aromatic rings. The summed E-state index contributed by atoms with van der Waals surface area (Å²) in [6, 6.07) is 6.61. The van der Waals surface area contributed by atoms with Crippen molar-refractivity contribution in [3.63, 3.8) is 0 Å². The molecule has 0 saturated heterocycles. The van der Waals surface area contributed by atoms with Gasteiger partial charge in [0.25, 0.3) is 0 Å². The number of nitrogens with one attached hydrogen (secondary N) is 1. The number of nitrogen functional groups attached to an aromatic ring is 1. The SMILES string of the molecule is N=C(N)c1cccnc1Oc1cccc(F)c1F. The molecule has 0 aliphatic carbocycles. The van der Waals surface area contributed by atoms with Crippen molar-refractivity contribution in [1.82, 2.24) is 4.98 Å². The van der Waals surface area contributed by atoms with Gasteiger partial charge < -0.3 is 10.5 Å². The molecule has 2 rings (SSSR count). The van der Waals surface area contributed by atoms with E-state index in [1.165, 1.54) is 24.4 Å². The van der Waals surface area contributed by atoms with Crippen LogP contribution in [0.4, 0.5) is 8.78 Å². The average Bonchev–Trinajstić information content (AvgIpc) is 2.35. The minimum absolute atomic E-state index is 0.0468. The molecule has 0 aliphatic rings. The molecule has 0 aliphatic heterocycles. The summed E-state index contributed by atoms with van der Waals surface area (Å²) in [4.78, 5) is 3.83. The van der Waals surface area contributed by atoms with Crippen molar-refractivity contribution in [2.75, 3.05) is 0 Å². The van der Waals surface area contributed by atoms with E-state index in [2.05, 4.69) is 4.98 Å². The van der Waals surface area contributed by atoms with E-state index >= 15 is 0 Å². The van der Waals surface area contributed by atoms with Crippen LogP contribution in [0.15, 0.2) is 36.5 Å². The van der Waals surface area contributed by atoms with E-state index in [-0.39, 0.29) is 23.0 Å². The fourth-order valence-electron chi connectivity index (χ4n) is 1.34. The van der Waals surface area contributed by atoms with Gasteiger partial charge in [0, 0.05) is 6.20 Å². The average molecular weight is 249 g/mol. The Labute approximate surface area is 102 Å². The fraction of sp³-hybridized carbons (Fsp3) is 0. The number of hydrogen-bond donors (Lipinski definition) is 2. The standard InChI is InChI=1S/C12H9F2N3O/c13-8-4-1-5-9(10(8)14)18-12-7(11(15)16)3-2-6-17-12/h1-6H,(H3,15,16). The molecule has 4 nitrogen and oxygen atoms in total. The maximum Gasteiger partial charge on any atom is 0.230 e. The van der Waals surface area contributed by atoms with E-state index in [4.69, 9.17) is 15.9 Å². The summed E-state index contributed by atoms with van der Waals surface area (Å²) in [6.45, 7) is 0. The first-order valence-electron chi connectivity index (χ1n) is 5.01. The third-order valence-corrected chi connectivity index (χ3v) is 2.18. The van der Waals surface area contributed by atoms with Crippen molar-refractivity contribution in [2.24, 2.45) is 5.73 Å². The lowest BCUT2D eigenvalue weighted by atomic mass is 10.2. The summed E-state index contributed by atoms with van der Waals surface area (Å²) in [5.74, 6) is -2.76. The molecule has 0 bridgehead atoms. The lowest BCUT2D eigenvalue weighted by molar-refractivity contribution is 0.405. The zero-order chi connectivity index (χ0) is 13.1. The summed E-state index contributed by atoms with van der Waals surface area (Å²) in [5.41, 5.74) is 5.54. The molecule has 0 amide bonds. The summed E-state index contributed by atoms with van der Waals surface area (Å²) >= 11 is 0. The van der Waals surface area contributed by atoms with Crippen molar-refractivity contribution >= 4 is 5.84 Å². The number of benzene rings is 1. The summed E-state index contributed by atoms with van der Waals surface area (Å²) in [5, 5.41) is 7.33. The highest BCUT2D eigenvalue weighted by Crippen LogP contribution is 2.26. The van der Waals surface area contributed by atoms with E-state index in [0.29, 0.717) is 0 Å². The predicted octanol–water partition coefficient (Wildman–Crippen LogP) is 2.44. The van der Waals surface area contributed by atoms with Crippen LogP contribution in [-0.2, 0) is 0 Å². The molecule has 0 spiro atoms. The Balaban J connectivity index is 2.40. The molecule has 18 heavy (non-hydrogen) atoms. The summed E-state index contributed by atoms with van der Waals surface area (Å²) in [7, 11) is 0. The highest BCUT2D eigenvalue weighted by molar-refractivity contribution is 5.97. The first kappa shape index (κ1) is 12.0. The van der Waals surface area contributed by atoms with Crippen molar-refractivity contribution in [3.8, 4) is 11.6 Å². The lowest BCUT2D eigenvalue weighted by Gasteiger charge is -2.09. The van der Waals surface area contributed by atoms with Gasteiger partial charge in [-0.2, -0.15) is 4.39 Å². The van der Waals surface area contributed by atoms with Gasteiger partial charge in [-0.25, -0.2) is 9.37 Å². The number of nitrogens with zero attached hydrogens (tertiary/aromatic N) is 1. The van der Waals surface area contributed by atoms with Crippen LogP contribution in [-0.4, -0.2) is 10.8 Å². The Bertz CT molecular complexity index is 602. The molecule has 6 heteroatoms. The van der Waals surface area contributed by atoms with Gasteiger partial charge in [-0.05, 0) is 24.3 Å². The van der Waals surface area contributed by atoms with Gasteiger partial charge in [0.15, 0.2) is 11.6 Å². The predicted molar refractivity (Wildman–Crippen MR) is 61.7 cm³/mol. The van der Waals surface area contributed by atoms with Gasteiger partial charge in [-0.3, -0.25) is 5.41 Å². The van der Waals surface area contributed by atoms with Crippen LogP contribution in [0.3, 0.4) is 0 Å². The van der Waals surface area contributed by atoms with Crippen LogP contribution in [0, 0.1) is 17.0 Å². The largest absolute Gasteiger partial charge is 0.435 e.